The van der Waals surface area contributed by atoms with E-state index in [-0.39, 0.29) is 51.5 Å². The number of ether oxygens (including phenoxy) is 2. The first-order chi connectivity index (χ1) is 19.2. The van der Waals surface area contributed by atoms with Crippen molar-refractivity contribution in [2.75, 3.05) is 20.3 Å². The molecule has 2 atom stereocenters. The minimum Gasteiger partial charge on any atom is -0.466 e. The van der Waals surface area contributed by atoms with Gasteiger partial charge in [-0.25, -0.2) is 8.98 Å². The topological polar surface area (TPSA) is 172 Å². The molecule has 14 heteroatoms. The predicted octanol–water partition coefficient (Wildman–Crippen LogP) is 2.83. The number of rotatable bonds is 16. The van der Waals surface area contributed by atoms with Crippen molar-refractivity contribution in [3.63, 3.8) is 0 Å². The van der Waals surface area contributed by atoms with Crippen molar-refractivity contribution in [3.8, 4) is 0 Å². The van der Waals surface area contributed by atoms with Gasteiger partial charge in [-0.2, -0.15) is 13.5 Å². The van der Waals surface area contributed by atoms with Crippen molar-refractivity contribution < 1.29 is 45.5 Å². The van der Waals surface area contributed by atoms with Crippen molar-refractivity contribution in [1.29, 1.82) is 0 Å². The van der Waals surface area contributed by atoms with E-state index < -0.39 is 45.8 Å². The second kappa shape index (κ2) is 15.7. The molecule has 1 aliphatic heterocycles. The number of nitrogens with zero attached hydrogens (tertiary/aromatic N) is 2. The van der Waals surface area contributed by atoms with Gasteiger partial charge in [0.15, 0.2) is 0 Å². The third kappa shape index (κ3) is 12.0. The van der Waals surface area contributed by atoms with Crippen LogP contribution < -0.4 is 5.73 Å². The van der Waals surface area contributed by atoms with Gasteiger partial charge >= 0.3 is 28.4 Å². The molecule has 2 N–H and O–H groups in total. The standard InChI is InChI=1S/C27H41N3O10S/c1-20-14-15-22(25(28)33)29(4)26(34)30(20)40-41(35,36)39-19-27(2,3)16-17-37-23(31)12-8-9-13-24(32)38-18-21-10-6-5-7-11-21/h5-7,10-11,20,22H,8-9,12-19H2,1-4H3,(H2,28,33)/t20-,22-/m0/s1. The third-order valence-corrected chi connectivity index (χ3v) is 7.36. The summed E-state index contributed by atoms with van der Waals surface area (Å²) in [4.78, 5) is 49.3. The number of primary amides is 1. The third-order valence-electron chi connectivity index (χ3n) is 6.61. The molecule has 41 heavy (non-hydrogen) atoms. The first-order valence-electron chi connectivity index (χ1n) is 13.5. The Labute approximate surface area is 241 Å². The summed E-state index contributed by atoms with van der Waals surface area (Å²) >= 11 is 0. The monoisotopic (exact) mass is 599 g/mol. The zero-order valence-electron chi connectivity index (χ0n) is 24.1. The lowest BCUT2D eigenvalue weighted by atomic mass is 9.91. The number of unbranched alkanes of at least 4 members (excludes halogenated alkanes) is 1. The number of benzene rings is 1. The Hall–Kier alpha value is -3.23. The highest BCUT2D eigenvalue weighted by Gasteiger charge is 2.38. The number of esters is 2. The van der Waals surface area contributed by atoms with Gasteiger partial charge in [-0.05, 0) is 50.0 Å². The van der Waals surface area contributed by atoms with Crippen LogP contribution in [-0.4, -0.2) is 74.6 Å². The number of hydroxylamine groups is 2. The van der Waals surface area contributed by atoms with Gasteiger partial charge in [0, 0.05) is 19.9 Å². The summed E-state index contributed by atoms with van der Waals surface area (Å²) in [5.41, 5.74) is 5.53. The van der Waals surface area contributed by atoms with Gasteiger partial charge in [-0.15, -0.1) is 4.28 Å². The summed E-state index contributed by atoms with van der Waals surface area (Å²) in [6, 6.07) is 6.97. The van der Waals surface area contributed by atoms with Gasteiger partial charge in [-0.1, -0.05) is 44.2 Å². The van der Waals surface area contributed by atoms with E-state index in [1.165, 1.54) is 7.05 Å². The van der Waals surface area contributed by atoms with E-state index in [0.29, 0.717) is 24.3 Å². The van der Waals surface area contributed by atoms with E-state index >= 15 is 0 Å². The molecule has 3 amide bonds. The van der Waals surface area contributed by atoms with Crippen LogP contribution in [0.4, 0.5) is 4.79 Å². The molecule has 1 saturated heterocycles. The SMILES string of the molecule is C[C@H]1CC[C@@H](C(N)=O)N(C)C(=O)N1OS(=O)(=O)OCC(C)(C)CCOC(=O)CCCCC(=O)OCc1ccccc1. The number of hydrogen-bond donors (Lipinski definition) is 1. The molecule has 0 bridgehead atoms. The van der Waals surface area contributed by atoms with Crippen LogP contribution in [0, 0.1) is 5.41 Å². The molecule has 1 aliphatic rings. The highest BCUT2D eigenvalue weighted by atomic mass is 32.3. The number of amides is 3. The van der Waals surface area contributed by atoms with Gasteiger partial charge in [0.25, 0.3) is 0 Å². The lowest BCUT2D eigenvalue weighted by Crippen LogP contribution is -2.50. The van der Waals surface area contributed by atoms with Crippen LogP contribution in [0.2, 0.25) is 0 Å². The van der Waals surface area contributed by atoms with Gasteiger partial charge in [0.05, 0.1) is 19.3 Å². The molecular weight excluding hydrogens is 558 g/mol. The fraction of sp³-hybridized carbons (Fsp3) is 0.630. The number of hydrogen-bond acceptors (Lipinski definition) is 10. The summed E-state index contributed by atoms with van der Waals surface area (Å²) in [6.07, 6.45) is 2.12. The molecule has 0 saturated carbocycles. The van der Waals surface area contributed by atoms with Gasteiger partial charge in [-0.3, -0.25) is 14.4 Å². The summed E-state index contributed by atoms with van der Waals surface area (Å²) in [7, 11) is -3.29. The fourth-order valence-corrected chi connectivity index (χ4v) is 4.83. The first kappa shape index (κ1) is 34.0. The van der Waals surface area contributed by atoms with Gasteiger partial charge in [0.2, 0.25) is 5.91 Å². The maximum Gasteiger partial charge on any atom is 0.421 e. The summed E-state index contributed by atoms with van der Waals surface area (Å²) in [6.45, 7) is 4.98. The van der Waals surface area contributed by atoms with Crippen LogP contribution in [0.1, 0.15) is 71.3 Å². The lowest BCUT2D eigenvalue weighted by molar-refractivity contribution is -0.147. The Morgan fingerprint density at radius 1 is 1.02 bits per heavy atom. The largest absolute Gasteiger partial charge is 0.466 e. The first-order valence-corrected chi connectivity index (χ1v) is 14.8. The number of carbonyl (C=O) groups is 4. The fourth-order valence-electron chi connectivity index (χ4n) is 3.91. The van der Waals surface area contributed by atoms with Crippen molar-refractivity contribution in [1.82, 2.24) is 9.96 Å². The van der Waals surface area contributed by atoms with Crippen LogP contribution in [0.5, 0.6) is 0 Å². The summed E-state index contributed by atoms with van der Waals surface area (Å²) in [5.74, 6) is -1.46. The Kier molecular flexibility index (Phi) is 13.0. The molecule has 1 aromatic rings. The second-order valence-electron chi connectivity index (χ2n) is 10.8. The van der Waals surface area contributed by atoms with Crippen LogP contribution in [0.25, 0.3) is 0 Å². The normalized spacial score (nSPS) is 18.1. The smallest absolute Gasteiger partial charge is 0.421 e. The molecule has 0 spiro atoms. The quantitative estimate of drug-likeness (QED) is 0.220. The van der Waals surface area contributed by atoms with Crippen molar-refractivity contribution in [2.24, 2.45) is 11.1 Å². The number of urea groups is 1. The molecule has 1 aromatic carbocycles. The molecule has 2 rings (SSSR count). The Morgan fingerprint density at radius 3 is 2.24 bits per heavy atom. The van der Waals surface area contributed by atoms with E-state index in [4.69, 9.17) is 23.7 Å². The molecule has 1 heterocycles. The maximum absolute atomic E-state index is 12.7. The van der Waals surface area contributed by atoms with E-state index in [2.05, 4.69) is 0 Å². The second-order valence-corrected chi connectivity index (χ2v) is 12.0. The van der Waals surface area contributed by atoms with E-state index in [0.717, 1.165) is 10.5 Å². The van der Waals surface area contributed by atoms with E-state index in [1.807, 2.05) is 30.3 Å². The minimum absolute atomic E-state index is 0.0379. The number of nitrogens with two attached hydrogens (primary N) is 1. The van der Waals surface area contributed by atoms with Gasteiger partial charge in [0.1, 0.15) is 12.6 Å². The number of carbonyl (C=O) groups excluding carboxylic acids is 4. The lowest BCUT2D eigenvalue weighted by Gasteiger charge is -2.29. The Morgan fingerprint density at radius 2 is 1.63 bits per heavy atom. The molecule has 0 aliphatic carbocycles. The average Bonchev–Trinajstić information content (AvgIpc) is 3.01. The summed E-state index contributed by atoms with van der Waals surface area (Å²) in [5, 5.41) is 0.663. The zero-order chi connectivity index (χ0) is 30.6. The molecule has 0 radical (unpaired) electrons. The molecule has 1 fully saturated rings. The molecule has 230 valence electrons. The van der Waals surface area contributed by atoms with Crippen LogP contribution in [-0.2, 0) is 49.3 Å². The molecule has 0 unspecified atom stereocenters. The van der Waals surface area contributed by atoms with Crippen molar-refractivity contribution in [2.45, 2.75) is 84.4 Å². The summed E-state index contributed by atoms with van der Waals surface area (Å²) < 4.78 is 45.4. The van der Waals surface area contributed by atoms with Crippen LogP contribution in [0.15, 0.2) is 30.3 Å². The average molecular weight is 600 g/mol. The van der Waals surface area contributed by atoms with Crippen LogP contribution >= 0.6 is 0 Å². The predicted molar refractivity (Wildman–Crippen MR) is 147 cm³/mol. The number of likely N-dealkylation sites (N-methyl/N-ethyl adjacent to an activating group) is 1. The van der Waals surface area contributed by atoms with E-state index in [9.17, 15) is 27.6 Å². The van der Waals surface area contributed by atoms with Crippen molar-refractivity contribution >= 4 is 34.3 Å². The van der Waals surface area contributed by atoms with Gasteiger partial charge < -0.3 is 20.1 Å². The Bertz CT molecular complexity index is 1140. The molecule has 0 aromatic heterocycles. The molecule has 13 nitrogen and oxygen atoms in total. The Balaban J connectivity index is 1.67. The highest BCUT2D eigenvalue weighted by molar-refractivity contribution is 7.81. The highest BCUT2D eigenvalue weighted by Crippen LogP contribution is 2.25. The van der Waals surface area contributed by atoms with E-state index in [1.54, 1.807) is 20.8 Å². The van der Waals surface area contributed by atoms with Crippen molar-refractivity contribution in [3.05, 3.63) is 35.9 Å². The minimum atomic E-state index is -4.62. The van der Waals surface area contributed by atoms with Crippen LogP contribution in [0.3, 0.4) is 0 Å². The zero-order valence-corrected chi connectivity index (χ0v) is 24.9. The maximum atomic E-state index is 12.7. The molecular formula is C27H41N3O10S.